The number of hydrogen-bond donors (Lipinski definition) is 1. The number of hydrogen-bond acceptors (Lipinski definition) is 4. The number of para-hydroxylation sites is 1. The minimum Gasteiger partial charge on any atom is -0.335 e. The van der Waals surface area contributed by atoms with Crippen molar-refractivity contribution in [2.75, 3.05) is 38.0 Å². The quantitative estimate of drug-likeness (QED) is 0.585. The number of nitrogens with zero attached hydrogens (tertiary/aromatic N) is 4. The Morgan fingerprint density at radius 2 is 1.58 bits per heavy atom. The molecule has 36 heavy (non-hydrogen) atoms. The number of carbonyl (C=O) groups is 2. The maximum absolute atomic E-state index is 13.6. The van der Waals surface area contributed by atoms with Gasteiger partial charge in [0.15, 0.2) is 0 Å². The highest BCUT2D eigenvalue weighted by molar-refractivity contribution is 5.95. The smallest absolute Gasteiger partial charge is 0.274 e. The SMILES string of the molecule is Cc1cccc(C)c1NC(=O)CN1CCN(C(=O)c2nc(-c3ccccc3)n3c2CCCCC3)CC1. The number of benzene rings is 2. The van der Waals surface area contributed by atoms with Crippen LogP contribution in [0.4, 0.5) is 5.69 Å². The average Bonchev–Trinajstić information content (AvgIpc) is 3.07. The molecule has 0 aliphatic carbocycles. The summed E-state index contributed by atoms with van der Waals surface area (Å²) in [6.07, 6.45) is 4.26. The van der Waals surface area contributed by atoms with E-state index in [4.69, 9.17) is 4.98 Å². The number of carbonyl (C=O) groups excluding carboxylic acids is 2. The van der Waals surface area contributed by atoms with Crippen LogP contribution in [0.1, 0.15) is 46.6 Å². The largest absolute Gasteiger partial charge is 0.335 e. The first-order valence-electron chi connectivity index (χ1n) is 13.0. The third kappa shape index (κ3) is 5.07. The number of aryl methyl sites for hydroxylation is 2. The molecule has 1 N–H and O–H groups in total. The number of nitrogens with one attached hydrogen (secondary N) is 1. The second-order valence-corrected chi connectivity index (χ2v) is 9.94. The molecule has 1 fully saturated rings. The number of imidazole rings is 1. The summed E-state index contributed by atoms with van der Waals surface area (Å²) in [7, 11) is 0. The van der Waals surface area contributed by atoms with E-state index >= 15 is 0 Å². The lowest BCUT2D eigenvalue weighted by Gasteiger charge is -2.34. The molecule has 7 nitrogen and oxygen atoms in total. The lowest BCUT2D eigenvalue weighted by molar-refractivity contribution is -0.117. The second-order valence-electron chi connectivity index (χ2n) is 9.94. The van der Waals surface area contributed by atoms with E-state index < -0.39 is 0 Å². The molecule has 2 aliphatic rings. The predicted octanol–water partition coefficient (Wildman–Crippen LogP) is 4.29. The van der Waals surface area contributed by atoms with E-state index in [1.54, 1.807) is 0 Å². The summed E-state index contributed by atoms with van der Waals surface area (Å²) < 4.78 is 2.27. The van der Waals surface area contributed by atoms with E-state index in [0.29, 0.717) is 38.4 Å². The van der Waals surface area contributed by atoms with Gasteiger partial charge in [0.2, 0.25) is 5.91 Å². The Morgan fingerprint density at radius 1 is 0.861 bits per heavy atom. The van der Waals surface area contributed by atoms with E-state index in [-0.39, 0.29) is 11.8 Å². The van der Waals surface area contributed by atoms with Gasteiger partial charge in [-0.05, 0) is 44.2 Å². The molecular weight excluding hydrogens is 450 g/mol. The topological polar surface area (TPSA) is 70.5 Å². The van der Waals surface area contributed by atoms with Crippen molar-refractivity contribution < 1.29 is 9.59 Å². The highest BCUT2D eigenvalue weighted by atomic mass is 16.2. The van der Waals surface area contributed by atoms with Crippen molar-refractivity contribution >= 4 is 17.5 Å². The molecule has 0 atom stereocenters. The van der Waals surface area contributed by atoms with Crippen LogP contribution in [0.5, 0.6) is 0 Å². The van der Waals surface area contributed by atoms with Crippen LogP contribution in [0, 0.1) is 13.8 Å². The van der Waals surface area contributed by atoms with Gasteiger partial charge < -0.3 is 14.8 Å². The molecule has 0 spiro atoms. The van der Waals surface area contributed by atoms with Gasteiger partial charge in [0.1, 0.15) is 11.5 Å². The first kappa shape index (κ1) is 24.3. The predicted molar refractivity (Wildman–Crippen MR) is 142 cm³/mol. The fourth-order valence-electron chi connectivity index (χ4n) is 5.35. The zero-order chi connectivity index (χ0) is 25.1. The summed E-state index contributed by atoms with van der Waals surface area (Å²) >= 11 is 0. The van der Waals surface area contributed by atoms with Gasteiger partial charge in [-0.25, -0.2) is 4.98 Å². The zero-order valence-corrected chi connectivity index (χ0v) is 21.3. The molecule has 0 unspecified atom stereocenters. The first-order chi connectivity index (χ1) is 17.5. The van der Waals surface area contributed by atoms with Crippen LogP contribution in [0.3, 0.4) is 0 Å². The van der Waals surface area contributed by atoms with Gasteiger partial charge in [0, 0.05) is 44.0 Å². The maximum atomic E-state index is 13.6. The van der Waals surface area contributed by atoms with Gasteiger partial charge in [-0.3, -0.25) is 14.5 Å². The Hall–Kier alpha value is -3.45. The summed E-state index contributed by atoms with van der Waals surface area (Å²) in [4.78, 5) is 35.3. The zero-order valence-electron chi connectivity index (χ0n) is 21.3. The fourth-order valence-corrected chi connectivity index (χ4v) is 5.35. The first-order valence-corrected chi connectivity index (χ1v) is 13.0. The van der Waals surface area contributed by atoms with E-state index in [2.05, 4.69) is 26.9 Å². The molecule has 1 aromatic heterocycles. The van der Waals surface area contributed by atoms with E-state index in [0.717, 1.165) is 59.7 Å². The van der Waals surface area contributed by atoms with Crippen molar-refractivity contribution in [1.29, 1.82) is 0 Å². The summed E-state index contributed by atoms with van der Waals surface area (Å²) in [5, 5.41) is 3.07. The molecule has 188 valence electrons. The van der Waals surface area contributed by atoms with Gasteiger partial charge >= 0.3 is 0 Å². The molecule has 2 amide bonds. The van der Waals surface area contributed by atoms with Crippen molar-refractivity contribution in [3.63, 3.8) is 0 Å². The summed E-state index contributed by atoms with van der Waals surface area (Å²) in [6.45, 7) is 7.79. The summed E-state index contributed by atoms with van der Waals surface area (Å²) in [5.41, 5.74) is 5.76. The lowest BCUT2D eigenvalue weighted by atomic mass is 10.1. The number of anilines is 1. The molecule has 2 aliphatic heterocycles. The van der Waals surface area contributed by atoms with E-state index in [9.17, 15) is 9.59 Å². The molecule has 0 saturated carbocycles. The summed E-state index contributed by atoms with van der Waals surface area (Å²) in [5.74, 6) is 0.902. The van der Waals surface area contributed by atoms with E-state index in [1.165, 1.54) is 6.42 Å². The van der Waals surface area contributed by atoms with Crippen molar-refractivity contribution in [2.45, 2.75) is 46.1 Å². The number of aromatic nitrogens is 2. The minimum atomic E-state index is -0.0147. The highest BCUT2D eigenvalue weighted by Gasteiger charge is 2.30. The molecule has 0 bridgehead atoms. The van der Waals surface area contributed by atoms with Gasteiger partial charge in [0.25, 0.3) is 5.91 Å². The van der Waals surface area contributed by atoms with Gasteiger partial charge in [-0.1, -0.05) is 55.0 Å². The molecule has 3 heterocycles. The normalized spacial score (nSPS) is 16.3. The molecule has 7 heteroatoms. The van der Waals surface area contributed by atoms with Crippen LogP contribution in [0.2, 0.25) is 0 Å². The number of fused-ring (bicyclic) bond motifs is 1. The minimum absolute atomic E-state index is 0.0147. The molecular formula is C29H35N5O2. The molecule has 0 radical (unpaired) electrons. The van der Waals surface area contributed by atoms with Crippen molar-refractivity contribution in [3.05, 3.63) is 71.0 Å². The van der Waals surface area contributed by atoms with Crippen LogP contribution >= 0.6 is 0 Å². The Bertz CT molecular complexity index is 1220. The van der Waals surface area contributed by atoms with Gasteiger partial charge in [0.05, 0.1) is 12.2 Å². The number of rotatable bonds is 5. The van der Waals surface area contributed by atoms with Gasteiger partial charge in [-0.2, -0.15) is 0 Å². The Morgan fingerprint density at radius 3 is 2.31 bits per heavy atom. The fraction of sp³-hybridized carbons (Fsp3) is 0.414. The van der Waals surface area contributed by atoms with Crippen LogP contribution < -0.4 is 5.32 Å². The van der Waals surface area contributed by atoms with Crippen LogP contribution in [-0.2, 0) is 17.8 Å². The second kappa shape index (κ2) is 10.7. The lowest BCUT2D eigenvalue weighted by Crippen LogP contribution is -2.50. The Balaban J connectivity index is 1.25. The summed E-state index contributed by atoms with van der Waals surface area (Å²) in [6, 6.07) is 16.2. The van der Waals surface area contributed by atoms with Crippen molar-refractivity contribution in [3.8, 4) is 11.4 Å². The van der Waals surface area contributed by atoms with E-state index in [1.807, 2.05) is 55.1 Å². The van der Waals surface area contributed by atoms with Crippen molar-refractivity contribution in [2.24, 2.45) is 0 Å². The average molecular weight is 486 g/mol. The monoisotopic (exact) mass is 485 g/mol. The molecule has 3 aromatic rings. The van der Waals surface area contributed by atoms with Gasteiger partial charge in [-0.15, -0.1) is 0 Å². The number of piperazine rings is 1. The molecule has 1 saturated heterocycles. The third-order valence-corrected chi connectivity index (χ3v) is 7.37. The van der Waals surface area contributed by atoms with Crippen LogP contribution in [-0.4, -0.2) is 63.9 Å². The number of amides is 2. The standard InChI is InChI=1S/C29H35N5O2/c1-21-10-9-11-22(2)26(21)30-25(35)20-32-16-18-33(19-17-32)29(36)27-24-14-7-4-8-15-34(24)28(31-27)23-12-5-3-6-13-23/h3,5-6,9-13H,4,7-8,14-20H2,1-2H3,(H,30,35). The molecule has 5 rings (SSSR count). The maximum Gasteiger partial charge on any atom is 0.274 e. The highest BCUT2D eigenvalue weighted by Crippen LogP contribution is 2.28. The Kier molecular flexibility index (Phi) is 7.18. The van der Waals surface area contributed by atoms with Crippen LogP contribution in [0.15, 0.2) is 48.5 Å². The van der Waals surface area contributed by atoms with Crippen LogP contribution in [0.25, 0.3) is 11.4 Å². The molecule has 2 aromatic carbocycles. The van der Waals surface area contributed by atoms with Crippen molar-refractivity contribution in [1.82, 2.24) is 19.4 Å². The third-order valence-electron chi connectivity index (χ3n) is 7.37. The Labute approximate surface area is 213 Å².